The van der Waals surface area contributed by atoms with Gasteiger partial charge < -0.3 is 5.11 Å². The molecule has 0 amide bonds. The van der Waals surface area contributed by atoms with Crippen LogP contribution in [0.3, 0.4) is 0 Å². The highest BCUT2D eigenvalue weighted by Crippen LogP contribution is 2.36. The smallest absolute Gasteiger partial charge is 0.0690 e. The van der Waals surface area contributed by atoms with Crippen LogP contribution in [0, 0.1) is 5.92 Å². The third-order valence-corrected chi connectivity index (χ3v) is 4.78. The topological polar surface area (TPSA) is 23.5 Å². The first-order valence-corrected chi connectivity index (χ1v) is 7.17. The first-order valence-electron chi connectivity index (χ1n) is 7.17. The summed E-state index contributed by atoms with van der Waals surface area (Å²) in [4.78, 5) is 2.61. The second kappa shape index (κ2) is 5.50. The number of likely N-dealkylation sites (tertiary alicyclic amines) is 1. The molecule has 0 radical (unpaired) electrons. The van der Waals surface area contributed by atoms with Crippen LogP contribution in [0.25, 0.3) is 0 Å². The number of aliphatic hydroxyl groups is 1. The Morgan fingerprint density at radius 3 is 2.62 bits per heavy atom. The summed E-state index contributed by atoms with van der Waals surface area (Å²) in [5, 5.41) is 10.0. The van der Waals surface area contributed by atoms with Crippen LogP contribution < -0.4 is 0 Å². The number of hydrogen-bond acceptors (Lipinski definition) is 2. The van der Waals surface area contributed by atoms with Gasteiger partial charge in [-0.15, -0.1) is 0 Å². The highest BCUT2D eigenvalue weighted by atomic mass is 16.3. The van der Waals surface area contributed by atoms with Crippen LogP contribution in [-0.4, -0.2) is 34.7 Å². The standard InChI is InChI=1S/C14H27NO/c1-3-14(16)11(2)15-10-6-8-12-7-4-5-9-13(12)15/h11-14,16H,3-10H2,1-2H3/t11?,12-,13-,14?/m1/s1. The molecule has 1 aliphatic heterocycles. The molecular formula is C14H27NO. The van der Waals surface area contributed by atoms with Crippen molar-refractivity contribution in [2.24, 2.45) is 5.92 Å². The molecular weight excluding hydrogens is 198 g/mol. The Labute approximate surface area is 100 Å². The average molecular weight is 225 g/mol. The van der Waals surface area contributed by atoms with Gasteiger partial charge in [0, 0.05) is 12.1 Å². The van der Waals surface area contributed by atoms with E-state index in [0.29, 0.717) is 6.04 Å². The Balaban J connectivity index is 2.01. The summed E-state index contributed by atoms with van der Waals surface area (Å²) in [5.41, 5.74) is 0. The Morgan fingerprint density at radius 2 is 1.88 bits per heavy atom. The van der Waals surface area contributed by atoms with Gasteiger partial charge in [-0.1, -0.05) is 19.8 Å². The van der Waals surface area contributed by atoms with Crippen LogP contribution in [-0.2, 0) is 0 Å². The molecule has 4 atom stereocenters. The van der Waals surface area contributed by atoms with Crippen molar-refractivity contribution in [1.82, 2.24) is 4.90 Å². The third-order valence-electron chi connectivity index (χ3n) is 4.78. The Bertz CT molecular complexity index is 217. The van der Waals surface area contributed by atoms with Crippen molar-refractivity contribution in [2.45, 2.75) is 77.0 Å². The molecule has 0 aromatic heterocycles. The van der Waals surface area contributed by atoms with Crippen molar-refractivity contribution < 1.29 is 5.11 Å². The SMILES string of the molecule is CCC(O)C(C)N1CCC[C@H]2CCCC[C@H]21. The van der Waals surface area contributed by atoms with Crippen LogP contribution in [0.15, 0.2) is 0 Å². The number of piperidine rings is 1. The van der Waals surface area contributed by atoms with Gasteiger partial charge in [-0.3, -0.25) is 4.90 Å². The normalized spacial score (nSPS) is 35.4. The zero-order valence-corrected chi connectivity index (χ0v) is 10.9. The van der Waals surface area contributed by atoms with Crippen molar-refractivity contribution in [2.75, 3.05) is 6.54 Å². The molecule has 2 fully saturated rings. The first-order chi connectivity index (χ1) is 7.74. The highest BCUT2D eigenvalue weighted by Gasteiger charge is 2.36. The van der Waals surface area contributed by atoms with Gasteiger partial charge in [0.15, 0.2) is 0 Å². The molecule has 2 unspecified atom stereocenters. The largest absolute Gasteiger partial charge is 0.392 e. The van der Waals surface area contributed by atoms with Crippen molar-refractivity contribution in [3.63, 3.8) is 0 Å². The van der Waals surface area contributed by atoms with Crippen molar-refractivity contribution in [3.05, 3.63) is 0 Å². The maximum Gasteiger partial charge on any atom is 0.0690 e. The lowest BCUT2D eigenvalue weighted by molar-refractivity contribution is -0.0207. The second-order valence-corrected chi connectivity index (χ2v) is 5.71. The Morgan fingerprint density at radius 1 is 1.19 bits per heavy atom. The van der Waals surface area contributed by atoms with Crippen molar-refractivity contribution in [3.8, 4) is 0 Å². The molecule has 1 saturated carbocycles. The molecule has 94 valence electrons. The fraction of sp³-hybridized carbons (Fsp3) is 1.00. The van der Waals surface area contributed by atoms with Crippen LogP contribution >= 0.6 is 0 Å². The van der Waals surface area contributed by atoms with Crippen molar-refractivity contribution in [1.29, 1.82) is 0 Å². The number of aliphatic hydroxyl groups excluding tert-OH is 1. The zero-order valence-electron chi connectivity index (χ0n) is 10.9. The van der Waals surface area contributed by atoms with E-state index in [-0.39, 0.29) is 6.10 Å². The van der Waals surface area contributed by atoms with Gasteiger partial charge in [-0.05, 0) is 51.5 Å². The molecule has 1 saturated heterocycles. The number of rotatable bonds is 3. The van der Waals surface area contributed by atoms with Crippen LogP contribution in [0.2, 0.25) is 0 Å². The monoisotopic (exact) mass is 225 g/mol. The number of fused-ring (bicyclic) bond motifs is 1. The Hall–Kier alpha value is -0.0800. The summed E-state index contributed by atoms with van der Waals surface area (Å²) in [6, 6.07) is 1.13. The van der Waals surface area contributed by atoms with Gasteiger partial charge in [-0.2, -0.15) is 0 Å². The lowest BCUT2D eigenvalue weighted by Gasteiger charge is -2.47. The maximum absolute atomic E-state index is 10.0. The van der Waals surface area contributed by atoms with Crippen molar-refractivity contribution >= 4 is 0 Å². The second-order valence-electron chi connectivity index (χ2n) is 5.71. The molecule has 1 heterocycles. The van der Waals surface area contributed by atoms with E-state index in [9.17, 15) is 5.11 Å². The third kappa shape index (κ3) is 2.43. The molecule has 0 aromatic carbocycles. The average Bonchev–Trinajstić information content (AvgIpc) is 2.36. The van der Waals surface area contributed by atoms with Gasteiger partial charge in [0.25, 0.3) is 0 Å². The quantitative estimate of drug-likeness (QED) is 0.798. The Kier molecular flexibility index (Phi) is 4.26. The molecule has 2 nitrogen and oxygen atoms in total. The molecule has 0 aromatic rings. The molecule has 2 heteroatoms. The highest BCUT2D eigenvalue weighted by molar-refractivity contribution is 4.91. The van der Waals surface area contributed by atoms with Crippen LogP contribution in [0.5, 0.6) is 0 Å². The van der Waals surface area contributed by atoms with E-state index < -0.39 is 0 Å². The summed E-state index contributed by atoms with van der Waals surface area (Å²) >= 11 is 0. The molecule has 0 bridgehead atoms. The molecule has 2 rings (SSSR count). The minimum atomic E-state index is -0.138. The zero-order chi connectivity index (χ0) is 11.5. The van der Waals surface area contributed by atoms with E-state index in [1.807, 2.05) is 0 Å². The van der Waals surface area contributed by atoms with Gasteiger partial charge in [-0.25, -0.2) is 0 Å². The van der Waals surface area contributed by atoms with E-state index in [0.717, 1.165) is 18.4 Å². The molecule has 1 aliphatic carbocycles. The van der Waals surface area contributed by atoms with E-state index in [2.05, 4.69) is 18.7 Å². The van der Waals surface area contributed by atoms with E-state index in [4.69, 9.17) is 0 Å². The summed E-state index contributed by atoms with van der Waals surface area (Å²) in [5.74, 6) is 0.925. The lowest BCUT2D eigenvalue weighted by Crippen LogP contribution is -2.53. The fourth-order valence-electron chi connectivity index (χ4n) is 3.73. The summed E-state index contributed by atoms with van der Waals surface area (Å²) in [6.07, 6.45) is 9.13. The molecule has 2 aliphatic rings. The molecule has 0 spiro atoms. The van der Waals surface area contributed by atoms with Gasteiger partial charge in [0.05, 0.1) is 6.10 Å². The minimum Gasteiger partial charge on any atom is -0.392 e. The van der Waals surface area contributed by atoms with Gasteiger partial charge >= 0.3 is 0 Å². The predicted octanol–water partition coefficient (Wildman–Crippen LogP) is 2.80. The van der Waals surface area contributed by atoms with E-state index >= 15 is 0 Å². The summed E-state index contributed by atoms with van der Waals surface area (Å²) in [7, 11) is 0. The van der Waals surface area contributed by atoms with E-state index in [1.54, 1.807) is 0 Å². The van der Waals surface area contributed by atoms with Crippen LogP contribution in [0.1, 0.15) is 58.8 Å². The van der Waals surface area contributed by atoms with Gasteiger partial charge in [0.1, 0.15) is 0 Å². The van der Waals surface area contributed by atoms with E-state index in [1.165, 1.54) is 45.1 Å². The lowest BCUT2D eigenvalue weighted by atomic mass is 9.77. The minimum absolute atomic E-state index is 0.138. The predicted molar refractivity (Wildman–Crippen MR) is 67.4 cm³/mol. The number of hydrogen-bond donors (Lipinski definition) is 1. The summed E-state index contributed by atoms with van der Waals surface area (Å²) in [6.45, 7) is 5.51. The van der Waals surface area contributed by atoms with Crippen LogP contribution in [0.4, 0.5) is 0 Å². The molecule has 1 N–H and O–H groups in total. The number of nitrogens with zero attached hydrogens (tertiary/aromatic N) is 1. The summed E-state index contributed by atoms with van der Waals surface area (Å²) < 4.78 is 0. The molecule has 16 heavy (non-hydrogen) atoms. The maximum atomic E-state index is 10.0. The van der Waals surface area contributed by atoms with Gasteiger partial charge in [0.2, 0.25) is 0 Å². The first kappa shape index (κ1) is 12.4. The fourth-order valence-corrected chi connectivity index (χ4v) is 3.73.